The van der Waals surface area contributed by atoms with E-state index in [0.29, 0.717) is 37.7 Å². The molecule has 2 amide bonds. The molecule has 154 valence electrons. The zero-order chi connectivity index (χ0) is 20.5. The first-order valence-electron chi connectivity index (χ1n) is 9.16. The molecule has 0 N–H and O–H groups in total. The van der Waals surface area contributed by atoms with Gasteiger partial charge < -0.3 is 14.3 Å². The highest BCUT2D eigenvalue weighted by Gasteiger charge is 2.33. The highest BCUT2D eigenvalue weighted by atomic mass is 16.7. The maximum absolute atomic E-state index is 11.9. The number of rotatable bonds is 12. The van der Waals surface area contributed by atoms with Crippen LogP contribution in [0.5, 0.6) is 0 Å². The smallest absolute Gasteiger partial charge is 0.333 e. The first-order chi connectivity index (χ1) is 12.6. The van der Waals surface area contributed by atoms with Crippen molar-refractivity contribution >= 4 is 17.8 Å². The van der Waals surface area contributed by atoms with Crippen LogP contribution in [0.3, 0.4) is 0 Å². The quantitative estimate of drug-likeness (QED) is 0.290. The standard InChI is InChI=1S/C18H31N3O6/c1-17(2,25-12-10-18(3,4)26-13-11-20-19-5)9-8-16(24)27-21-14(22)6-7-15(21)23/h6-13H2,1-5H3/b20-19+. The van der Waals surface area contributed by atoms with Crippen molar-refractivity contribution in [2.24, 2.45) is 10.2 Å². The topological polar surface area (TPSA) is 107 Å². The molecule has 0 aromatic carbocycles. The number of hydroxylamine groups is 2. The molecule has 1 heterocycles. The molecule has 1 saturated heterocycles. The SMILES string of the molecule is C/N=N/CCOC(C)(C)CCOC(C)(C)CCC(=O)ON1C(=O)CCC1=O. The Labute approximate surface area is 160 Å². The minimum Gasteiger partial charge on any atom is -0.375 e. The van der Waals surface area contributed by atoms with Crippen molar-refractivity contribution in [2.45, 2.75) is 71.0 Å². The van der Waals surface area contributed by atoms with Gasteiger partial charge in [0.2, 0.25) is 0 Å². The molecular formula is C18H31N3O6. The molecule has 9 nitrogen and oxygen atoms in total. The Hall–Kier alpha value is -1.87. The molecule has 1 aliphatic rings. The first-order valence-corrected chi connectivity index (χ1v) is 9.16. The summed E-state index contributed by atoms with van der Waals surface area (Å²) in [5.41, 5.74) is -0.903. The third kappa shape index (κ3) is 9.05. The fraction of sp³-hybridized carbons (Fsp3) is 0.833. The van der Waals surface area contributed by atoms with Gasteiger partial charge in [0.25, 0.3) is 11.8 Å². The van der Waals surface area contributed by atoms with Gasteiger partial charge in [-0.25, -0.2) is 4.79 Å². The molecule has 27 heavy (non-hydrogen) atoms. The lowest BCUT2D eigenvalue weighted by molar-refractivity contribution is -0.198. The summed E-state index contributed by atoms with van der Waals surface area (Å²) in [5, 5.41) is 8.09. The van der Waals surface area contributed by atoms with Crippen molar-refractivity contribution in [3.8, 4) is 0 Å². The summed E-state index contributed by atoms with van der Waals surface area (Å²) in [5.74, 6) is -1.58. The van der Waals surface area contributed by atoms with Crippen molar-refractivity contribution < 1.29 is 28.7 Å². The third-order valence-electron chi connectivity index (χ3n) is 4.15. The predicted octanol–water partition coefficient (Wildman–Crippen LogP) is 2.44. The number of amides is 2. The lowest BCUT2D eigenvalue weighted by atomic mass is 10.0. The predicted molar refractivity (Wildman–Crippen MR) is 96.7 cm³/mol. The molecule has 0 atom stereocenters. The Morgan fingerprint density at radius 1 is 1.00 bits per heavy atom. The van der Waals surface area contributed by atoms with Gasteiger partial charge in [-0.3, -0.25) is 9.59 Å². The van der Waals surface area contributed by atoms with E-state index in [0.717, 1.165) is 0 Å². The summed E-state index contributed by atoms with van der Waals surface area (Å²) in [6.07, 6.45) is 1.30. The summed E-state index contributed by atoms with van der Waals surface area (Å²) in [6.45, 7) is 9.20. The summed E-state index contributed by atoms with van der Waals surface area (Å²) >= 11 is 0. The van der Waals surface area contributed by atoms with E-state index in [-0.39, 0.29) is 24.9 Å². The monoisotopic (exact) mass is 385 g/mol. The van der Waals surface area contributed by atoms with Crippen LogP contribution >= 0.6 is 0 Å². The van der Waals surface area contributed by atoms with Gasteiger partial charge in [-0.1, -0.05) is 0 Å². The molecule has 0 radical (unpaired) electrons. The lowest BCUT2D eigenvalue weighted by Gasteiger charge is -2.29. The lowest BCUT2D eigenvalue weighted by Crippen LogP contribution is -2.34. The van der Waals surface area contributed by atoms with E-state index in [9.17, 15) is 14.4 Å². The summed E-state index contributed by atoms with van der Waals surface area (Å²) in [6, 6.07) is 0. The van der Waals surface area contributed by atoms with Crippen LogP contribution in [0.15, 0.2) is 10.2 Å². The van der Waals surface area contributed by atoms with Crippen molar-refractivity contribution in [2.75, 3.05) is 26.8 Å². The average Bonchev–Trinajstić information content (AvgIpc) is 2.89. The largest absolute Gasteiger partial charge is 0.375 e. The fourth-order valence-corrected chi connectivity index (χ4v) is 2.39. The Bertz CT molecular complexity index is 543. The minimum atomic E-state index is -0.621. The van der Waals surface area contributed by atoms with Crippen LogP contribution in [-0.4, -0.2) is 60.9 Å². The van der Waals surface area contributed by atoms with Gasteiger partial charge in [0.1, 0.15) is 0 Å². The van der Waals surface area contributed by atoms with Crippen molar-refractivity contribution in [3.05, 3.63) is 0 Å². The molecule has 0 aromatic rings. The second-order valence-electron chi connectivity index (χ2n) is 7.58. The number of carbonyl (C=O) groups excluding carboxylic acids is 3. The Kier molecular flexibility index (Phi) is 8.98. The van der Waals surface area contributed by atoms with Crippen LogP contribution in [0.25, 0.3) is 0 Å². The highest BCUT2D eigenvalue weighted by molar-refractivity contribution is 6.01. The number of imide groups is 1. The Balaban J connectivity index is 2.29. The van der Waals surface area contributed by atoms with Crippen LogP contribution in [0.2, 0.25) is 0 Å². The fourth-order valence-electron chi connectivity index (χ4n) is 2.39. The second-order valence-corrected chi connectivity index (χ2v) is 7.58. The van der Waals surface area contributed by atoms with E-state index >= 15 is 0 Å². The maximum Gasteiger partial charge on any atom is 0.333 e. The second kappa shape index (κ2) is 10.5. The van der Waals surface area contributed by atoms with Crippen molar-refractivity contribution in [3.63, 3.8) is 0 Å². The van der Waals surface area contributed by atoms with Gasteiger partial charge in [0.05, 0.1) is 37.4 Å². The molecule has 0 saturated carbocycles. The Morgan fingerprint density at radius 2 is 1.56 bits per heavy atom. The average molecular weight is 385 g/mol. The highest BCUT2D eigenvalue weighted by Crippen LogP contribution is 2.21. The van der Waals surface area contributed by atoms with Gasteiger partial charge in [-0.2, -0.15) is 10.2 Å². The molecule has 1 fully saturated rings. The van der Waals surface area contributed by atoms with Crippen LogP contribution in [0.4, 0.5) is 0 Å². The van der Waals surface area contributed by atoms with Gasteiger partial charge >= 0.3 is 5.97 Å². The summed E-state index contributed by atoms with van der Waals surface area (Å²) in [4.78, 5) is 39.6. The number of azo groups is 1. The minimum absolute atomic E-state index is 0.0476. The van der Waals surface area contributed by atoms with Gasteiger partial charge in [0, 0.05) is 19.9 Å². The number of hydrogen-bond donors (Lipinski definition) is 0. The third-order valence-corrected chi connectivity index (χ3v) is 4.15. The molecule has 0 bridgehead atoms. The molecular weight excluding hydrogens is 354 g/mol. The molecule has 1 aliphatic heterocycles. The van der Waals surface area contributed by atoms with Gasteiger partial charge in [-0.05, 0) is 40.5 Å². The van der Waals surface area contributed by atoms with Crippen LogP contribution in [0.1, 0.15) is 59.8 Å². The summed E-state index contributed by atoms with van der Waals surface area (Å²) < 4.78 is 11.6. The van der Waals surface area contributed by atoms with Crippen LogP contribution in [-0.2, 0) is 28.7 Å². The molecule has 0 unspecified atom stereocenters. The van der Waals surface area contributed by atoms with E-state index < -0.39 is 23.4 Å². The zero-order valence-electron chi connectivity index (χ0n) is 16.9. The normalized spacial score (nSPS) is 15.8. The van der Waals surface area contributed by atoms with E-state index in [1.807, 2.05) is 27.7 Å². The van der Waals surface area contributed by atoms with E-state index in [2.05, 4.69) is 10.2 Å². The zero-order valence-corrected chi connectivity index (χ0v) is 16.9. The van der Waals surface area contributed by atoms with Gasteiger partial charge in [-0.15, -0.1) is 5.06 Å². The van der Waals surface area contributed by atoms with Crippen LogP contribution < -0.4 is 0 Å². The molecule has 0 aromatic heterocycles. The van der Waals surface area contributed by atoms with E-state index in [4.69, 9.17) is 14.3 Å². The van der Waals surface area contributed by atoms with E-state index in [1.54, 1.807) is 7.05 Å². The van der Waals surface area contributed by atoms with Crippen molar-refractivity contribution in [1.82, 2.24) is 5.06 Å². The summed E-state index contributed by atoms with van der Waals surface area (Å²) in [7, 11) is 1.62. The van der Waals surface area contributed by atoms with Crippen LogP contribution in [0, 0.1) is 0 Å². The number of hydrogen-bond acceptors (Lipinski definition) is 8. The number of ether oxygens (including phenoxy) is 2. The molecule has 1 rings (SSSR count). The molecule has 0 aliphatic carbocycles. The van der Waals surface area contributed by atoms with Crippen molar-refractivity contribution in [1.29, 1.82) is 0 Å². The first kappa shape index (κ1) is 23.2. The number of carbonyl (C=O) groups is 3. The maximum atomic E-state index is 11.9. The van der Waals surface area contributed by atoms with Gasteiger partial charge in [0.15, 0.2) is 0 Å². The molecule has 9 heteroatoms. The van der Waals surface area contributed by atoms with E-state index in [1.165, 1.54) is 0 Å². The number of nitrogens with zero attached hydrogens (tertiary/aromatic N) is 3. The Morgan fingerprint density at radius 3 is 2.15 bits per heavy atom. The molecule has 0 spiro atoms.